The average Bonchev–Trinajstić information content (AvgIpc) is 3.41. The Balaban J connectivity index is 1.66. The van der Waals surface area contributed by atoms with Gasteiger partial charge in [0, 0.05) is 50.0 Å². The zero-order valence-electron chi connectivity index (χ0n) is 35.2. The van der Waals surface area contributed by atoms with Crippen molar-refractivity contribution in [1.29, 1.82) is 5.26 Å². The monoisotopic (exact) mass is 926 g/mol. The molecule has 61 heavy (non-hydrogen) atoms. The van der Waals surface area contributed by atoms with Crippen molar-refractivity contribution in [2.24, 2.45) is 0 Å². The van der Waals surface area contributed by atoms with Crippen LogP contribution in [0.5, 0.6) is 0 Å². The number of phosphoric acid groups is 2. The standard InChI is InChI=1S/C34H52N4O20P2Si/c1-18(39)36-25-28(52-20(3)41)27-23(17-50-61(57-27,33(5,6)7)34(8,9)10)55-31(25)56-59(45,46)58-60(47,48-15-11-13-35)49-16-22-26(51-19(2)40)29(53-21(4)42)30(54-22)38-14-12-24(43)37-32(38)44/h12,14,22-23,25-31H,11,15-17H2,1-10H3,(H,36,39)(H,45,46)(H,37,43,44)/t22-,23-,25-,26-,27-,28-,29-,30-,31-,60?/m1/s1. The summed E-state index contributed by atoms with van der Waals surface area (Å²) in [5.41, 5.74) is -1.80. The van der Waals surface area contributed by atoms with Crippen LogP contribution in [0.1, 0.15) is 81.9 Å². The van der Waals surface area contributed by atoms with Crippen LogP contribution in [0, 0.1) is 11.3 Å². The van der Waals surface area contributed by atoms with E-state index in [1.807, 2.05) is 46.5 Å². The van der Waals surface area contributed by atoms with Crippen molar-refractivity contribution < 1.29 is 83.6 Å². The van der Waals surface area contributed by atoms with E-state index in [1.54, 1.807) is 6.07 Å². The minimum atomic E-state index is -5.76. The maximum Gasteiger partial charge on any atom is 0.483 e. The highest BCUT2D eigenvalue weighted by molar-refractivity contribution is 7.61. The zero-order valence-corrected chi connectivity index (χ0v) is 38.0. The zero-order chi connectivity index (χ0) is 45.9. The van der Waals surface area contributed by atoms with Crippen molar-refractivity contribution in [2.75, 3.05) is 19.8 Å². The number of rotatable bonds is 15. The fourth-order valence-corrected chi connectivity index (χ4v) is 15.1. The average molecular weight is 927 g/mol. The number of fused-ring (bicyclic) bond motifs is 1. The minimum absolute atomic E-state index is 0.170. The van der Waals surface area contributed by atoms with Gasteiger partial charge in [-0.15, -0.1) is 0 Å². The number of carbonyl (C=O) groups excluding carboxylic acids is 4. The van der Waals surface area contributed by atoms with Gasteiger partial charge in [0.25, 0.3) is 5.56 Å². The highest BCUT2D eigenvalue weighted by Gasteiger charge is 2.66. The molecule has 27 heteroatoms. The van der Waals surface area contributed by atoms with Crippen LogP contribution >= 0.6 is 15.6 Å². The fraction of sp³-hybridized carbons (Fsp3) is 0.735. The molecule has 0 spiro atoms. The summed E-state index contributed by atoms with van der Waals surface area (Å²) in [7, 11) is -14.4. The number of nitriles is 1. The molecule has 11 atom stereocenters. The van der Waals surface area contributed by atoms with E-state index in [2.05, 4.69) is 5.32 Å². The van der Waals surface area contributed by atoms with Gasteiger partial charge in [-0.2, -0.15) is 9.57 Å². The Morgan fingerprint density at radius 3 is 2.08 bits per heavy atom. The van der Waals surface area contributed by atoms with Crippen molar-refractivity contribution in [2.45, 2.75) is 141 Å². The fourth-order valence-electron chi connectivity index (χ4n) is 7.40. The second kappa shape index (κ2) is 19.4. The Morgan fingerprint density at radius 2 is 1.54 bits per heavy atom. The molecule has 0 saturated carbocycles. The van der Waals surface area contributed by atoms with Crippen LogP contribution in [0.15, 0.2) is 21.9 Å². The van der Waals surface area contributed by atoms with Crippen molar-refractivity contribution in [1.82, 2.24) is 14.9 Å². The number of aromatic amines is 1. The van der Waals surface area contributed by atoms with Gasteiger partial charge in [0.05, 0.1) is 32.3 Å². The first-order valence-electron chi connectivity index (χ1n) is 18.8. The topological polar surface area (TPSA) is 315 Å². The van der Waals surface area contributed by atoms with Gasteiger partial charge in [-0.3, -0.25) is 47.1 Å². The molecule has 3 saturated heterocycles. The minimum Gasteiger partial charge on any atom is -0.457 e. The van der Waals surface area contributed by atoms with Crippen LogP contribution in [0.3, 0.4) is 0 Å². The molecular weight excluding hydrogens is 874 g/mol. The third-order valence-electron chi connectivity index (χ3n) is 9.36. The highest BCUT2D eigenvalue weighted by atomic mass is 31.3. The summed E-state index contributed by atoms with van der Waals surface area (Å²) in [5, 5.41) is 10.5. The van der Waals surface area contributed by atoms with Crippen LogP contribution in [0.4, 0.5) is 0 Å². The van der Waals surface area contributed by atoms with Gasteiger partial charge < -0.3 is 42.7 Å². The molecule has 24 nitrogen and oxygen atoms in total. The summed E-state index contributed by atoms with van der Waals surface area (Å²) in [5.74, 6) is -3.37. The van der Waals surface area contributed by atoms with E-state index >= 15 is 0 Å². The molecule has 0 radical (unpaired) electrons. The third kappa shape index (κ3) is 12.1. The third-order valence-corrected chi connectivity index (χ3v) is 17.6. The number of nitrogens with one attached hydrogen (secondary N) is 2. The lowest BCUT2D eigenvalue weighted by atomic mass is 9.96. The highest BCUT2D eigenvalue weighted by Crippen LogP contribution is 2.65. The van der Waals surface area contributed by atoms with Crippen LogP contribution in [0.25, 0.3) is 0 Å². The Labute approximate surface area is 351 Å². The summed E-state index contributed by atoms with van der Waals surface area (Å²) < 4.78 is 91.2. The van der Waals surface area contributed by atoms with Crippen molar-refractivity contribution in [3.8, 4) is 6.07 Å². The van der Waals surface area contributed by atoms with E-state index in [1.165, 1.54) is 0 Å². The number of hydrogen-bond donors (Lipinski definition) is 3. The molecule has 4 rings (SSSR count). The Hall–Kier alpha value is -3.63. The number of ether oxygens (including phenoxy) is 5. The van der Waals surface area contributed by atoms with E-state index in [0.717, 1.165) is 44.5 Å². The first-order valence-corrected chi connectivity index (χ1v) is 23.6. The van der Waals surface area contributed by atoms with Crippen LogP contribution in [-0.4, -0.2) is 116 Å². The summed E-state index contributed by atoms with van der Waals surface area (Å²) >= 11 is 0. The molecule has 3 aliphatic heterocycles. The SMILES string of the molecule is CC(=O)N[C@H]1[C@@H](OP(=O)(O)OP(=O)(OCCC#N)OC[C@H]2O[C@@H](n3ccc(=O)[nH]c3=O)[C@H](OC(C)=O)[C@@H]2OC(C)=O)O[C@@H]2CO[Si](C(C)(C)C)(C(C)(C)C)O[C@H]2[C@@H]1OC(C)=O. The number of aromatic nitrogens is 2. The van der Waals surface area contributed by atoms with Gasteiger partial charge in [0.1, 0.15) is 24.4 Å². The quantitative estimate of drug-likeness (QED) is 0.0745. The van der Waals surface area contributed by atoms with Gasteiger partial charge in [-0.05, 0) is 0 Å². The molecule has 1 aromatic rings. The van der Waals surface area contributed by atoms with Crippen LogP contribution in [0.2, 0.25) is 10.1 Å². The number of H-pyrrole nitrogens is 1. The molecule has 3 N–H and O–H groups in total. The van der Waals surface area contributed by atoms with E-state index in [0.29, 0.717) is 0 Å². The summed E-state index contributed by atoms with van der Waals surface area (Å²) in [6.07, 6.45) is -11.4. The molecule has 1 amide bonds. The lowest BCUT2D eigenvalue weighted by Crippen LogP contribution is -2.73. The second-order valence-corrected chi connectivity index (χ2v) is 24.2. The Bertz CT molecular complexity index is 2050. The predicted octanol–water partition coefficient (Wildman–Crippen LogP) is 2.11. The first kappa shape index (κ1) is 50.0. The predicted molar refractivity (Wildman–Crippen MR) is 206 cm³/mol. The van der Waals surface area contributed by atoms with Gasteiger partial charge >= 0.3 is 47.8 Å². The molecule has 3 aliphatic rings. The Morgan fingerprint density at radius 1 is 0.951 bits per heavy atom. The number of amides is 1. The number of esters is 3. The molecule has 3 fully saturated rings. The lowest BCUT2D eigenvalue weighted by Gasteiger charge is -2.57. The molecule has 2 unspecified atom stereocenters. The molecule has 0 bridgehead atoms. The normalized spacial score (nSPS) is 29.4. The summed E-state index contributed by atoms with van der Waals surface area (Å²) in [6.45, 7) is 14.0. The van der Waals surface area contributed by atoms with E-state index < -0.39 is 144 Å². The number of nitrogens with zero attached hydrogens (tertiary/aromatic N) is 2. The summed E-state index contributed by atoms with van der Waals surface area (Å²) in [6, 6.07) is 1.11. The maximum absolute atomic E-state index is 14.1. The van der Waals surface area contributed by atoms with Crippen molar-refractivity contribution in [3.05, 3.63) is 33.1 Å². The number of hydrogen-bond acceptors (Lipinski definition) is 20. The maximum atomic E-state index is 14.1. The van der Waals surface area contributed by atoms with Gasteiger partial charge in [-0.1, -0.05) is 41.5 Å². The molecule has 1 aromatic heterocycles. The molecular formula is C34H52N4O20P2Si. The van der Waals surface area contributed by atoms with Crippen LogP contribution < -0.4 is 16.6 Å². The van der Waals surface area contributed by atoms with E-state index in [-0.39, 0.29) is 6.61 Å². The molecule has 0 aromatic carbocycles. The largest absolute Gasteiger partial charge is 0.483 e. The van der Waals surface area contributed by atoms with Crippen LogP contribution in [-0.2, 0) is 78.7 Å². The van der Waals surface area contributed by atoms with Crippen molar-refractivity contribution >= 4 is 48.0 Å². The number of phosphoric ester groups is 2. The molecule has 0 aliphatic carbocycles. The van der Waals surface area contributed by atoms with E-state index in [9.17, 15) is 42.8 Å². The smallest absolute Gasteiger partial charge is 0.457 e. The Kier molecular flexibility index (Phi) is 15.9. The summed E-state index contributed by atoms with van der Waals surface area (Å²) in [4.78, 5) is 87.0. The first-order chi connectivity index (χ1) is 28.1. The number of carbonyl (C=O) groups is 4. The van der Waals surface area contributed by atoms with Gasteiger partial charge in [-0.25, -0.2) is 13.9 Å². The van der Waals surface area contributed by atoms with Gasteiger partial charge in [0.15, 0.2) is 30.8 Å². The lowest BCUT2D eigenvalue weighted by molar-refractivity contribution is -0.264. The van der Waals surface area contributed by atoms with E-state index in [4.69, 9.17) is 55.7 Å². The molecule has 4 heterocycles. The van der Waals surface area contributed by atoms with Crippen molar-refractivity contribution in [3.63, 3.8) is 0 Å². The molecule has 342 valence electrons. The second-order valence-electron chi connectivity index (χ2n) is 16.2. The van der Waals surface area contributed by atoms with Gasteiger partial charge in [0.2, 0.25) is 5.91 Å².